The molecule has 1 aliphatic carbocycles. The molecule has 0 bridgehead atoms. The fraction of sp³-hybridized carbons (Fsp3) is 0.900. The van der Waals surface area contributed by atoms with Crippen LogP contribution in [0.5, 0.6) is 0 Å². The van der Waals surface area contributed by atoms with Gasteiger partial charge in [-0.1, -0.05) is 6.42 Å². The van der Waals surface area contributed by atoms with Crippen LogP contribution < -0.4 is 5.32 Å². The zero-order valence-electron chi connectivity index (χ0n) is 8.31. The zero-order valence-corrected chi connectivity index (χ0v) is 8.31. The molecule has 1 N–H and O–H groups in total. The molecule has 0 aromatic heterocycles. The Morgan fingerprint density at radius 3 is 2.58 bits per heavy atom. The van der Waals surface area contributed by atoms with Gasteiger partial charge in [0.05, 0.1) is 5.54 Å². The van der Waals surface area contributed by atoms with Crippen LogP contribution >= 0.6 is 0 Å². The highest BCUT2D eigenvalue weighted by Gasteiger charge is 2.34. The van der Waals surface area contributed by atoms with E-state index in [1.165, 1.54) is 6.42 Å². The van der Waals surface area contributed by atoms with Crippen LogP contribution in [0.15, 0.2) is 0 Å². The Balaban J connectivity index is 2.59. The molecule has 70 valence electrons. The SMILES string of the molecule is CC(C)NC1(C)CCCCC1=O. The summed E-state index contributed by atoms with van der Waals surface area (Å²) >= 11 is 0. The summed E-state index contributed by atoms with van der Waals surface area (Å²) in [5, 5.41) is 3.36. The quantitative estimate of drug-likeness (QED) is 0.684. The van der Waals surface area contributed by atoms with Crippen molar-refractivity contribution in [2.45, 2.75) is 58.0 Å². The Kier molecular flexibility index (Phi) is 2.89. The van der Waals surface area contributed by atoms with Gasteiger partial charge in [-0.15, -0.1) is 0 Å². The van der Waals surface area contributed by atoms with Crippen molar-refractivity contribution in [3.63, 3.8) is 0 Å². The summed E-state index contributed by atoms with van der Waals surface area (Å²) in [7, 11) is 0. The predicted molar refractivity (Wildman–Crippen MR) is 50.2 cm³/mol. The minimum atomic E-state index is -0.230. The van der Waals surface area contributed by atoms with Crippen LogP contribution in [-0.2, 0) is 4.79 Å². The van der Waals surface area contributed by atoms with Gasteiger partial charge in [0.2, 0.25) is 0 Å². The highest BCUT2D eigenvalue weighted by Crippen LogP contribution is 2.24. The molecule has 0 spiro atoms. The maximum Gasteiger partial charge on any atom is 0.152 e. The van der Waals surface area contributed by atoms with Gasteiger partial charge >= 0.3 is 0 Å². The first kappa shape index (κ1) is 9.72. The molecule has 0 aromatic carbocycles. The van der Waals surface area contributed by atoms with Crippen molar-refractivity contribution >= 4 is 5.78 Å². The number of carbonyl (C=O) groups excluding carboxylic acids is 1. The van der Waals surface area contributed by atoms with Crippen LogP contribution in [0.25, 0.3) is 0 Å². The molecule has 1 atom stereocenters. The normalized spacial score (nSPS) is 31.2. The van der Waals surface area contributed by atoms with Crippen molar-refractivity contribution in [3.8, 4) is 0 Å². The van der Waals surface area contributed by atoms with E-state index in [0.717, 1.165) is 19.3 Å². The lowest BCUT2D eigenvalue weighted by molar-refractivity contribution is -0.127. The first-order valence-electron chi connectivity index (χ1n) is 4.85. The lowest BCUT2D eigenvalue weighted by Crippen LogP contribution is -2.53. The Morgan fingerprint density at radius 2 is 2.08 bits per heavy atom. The third-order valence-electron chi connectivity index (χ3n) is 2.55. The lowest BCUT2D eigenvalue weighted by Gasteiger charge is -2.34. The molecule has 0 aliphatic heterocycles. The fourth-order valence-electron chi connectivity index (χ4n) is 1.97. The second kappa shape index (κ2) is 3.56. The van der Waals surface area contributed by atoms with Gasteiger partial charge in [-0.05, 0) is 33.6 Å². The molecule has 1 unspecified atom stereocenters. The van der Waals surface area contributed by atoms with Crippen LogP contribution in [-0.4, -0.2) is 17.4 Å². The molecule has 1 aliphatic rings. The molecule has 1 fully saturated rings. The number of nitrogens with one attached hydrogen (secondary N) is 1. The van der Waals surface area contributed by atoms with E-state index in [0.29, 0.717) is 11.8 Å². The molecule has 0 amide bonds. The van der Waals surface area contributed by atoms with Crippen molar-refractivity contribution in [1.29, 1.82) is 0 Å². The highest BCUT2D eigenvalue weighted by molar-refractivity contribution is 5.88. The number of hydrogen-bond acceptors (Lipinski definition) is 2. The van der Waals surface area contributed by atoms with Crippen molar-refractivity contribution in [2.24, 2.45) is 0 Å². The van der Waals surface area contributed by atoms with Crippen molar-refractivity contribution in [1.82, 2.24) is 5.32 Å². The minimum Gasteiger partial charge on any atom is -0.303 e. The van der Waals surface area contributed by atoms with E-state index in [9.17, 15) is 4.79 Å². The largest absolute Gasteiger partial charge is 0.303 e. The summed E-state index contributed by atoms with van der Waals surface area (Å²) in [6, 6.07) is 0.400. The van der Waals surface area contributed by atoms with Gasteiger partial charge in [-0.2, -0.15) is 0 Å². The number of hydrogen-bond donors (Lipinski definition) is 1. The summed E-state index contributed by atoms with van der Waals surface area (Å²) in [6.07, 6.45) is 4.02. The predicted octanol–water partition coefficient (Wildman–Crippen LogP) is 1.89. The number of ketones is 1. The average Bonchev–Trinajstić information content (AvgIpc) is 1.94. The van der Waals surface area contributed by atoms with E-state index in [4.69, 9.17) is 0 Å². The van der Waals surface area contributed by atoms with Gasteiger partial charge in [0.1, 0.15) is 0 Å². The Labute approximate surface area is 74.7 Å². The van der Waals surface area contributed by atoms with Gasteiger partial charge < -0.3 is 5.32 Å². The maximum atomic E-state index is 11.6. The van der Waals surface area contributed by atoms with Gasteiger partial charge in [0.25, 0.3) is 0 Å². The Hall–Kier alpha value is -0.370. The Morgan fingerprint density at radius 1 is 1.42 bits per heavy atom. The van der Waals surface area contributed by atoms with Crippen molar-refractivity contribution in [2.75, 3.05) is 0 Å². The Bertz CT molecular complexity index is 177. The van der Waals surface area contributed by atoms with E-state index >= 15 is 0 Å². The molecular weight excluding hydrogens is 150 g/mol. The van der Waals surface area contributed by atoms with Crippen molar-refractivity contribution in [3.05, 3.63) is 0 Å². The standard InChI is InChI=1S/C10H19NO/c1-8(2)11-10(3)7-5-4-6-9(10)12/h8,11H,4-7H2,1-3H3. The van der Waals surface area contributed by atoms with Crippen molar-refractivity contribution < 1.29 is 4.79 Å². The monoisotopic (exact) mass is 169 g/mol. The number of carbonyl (C=O) groups is 1. The molecule has 0 radical (unpaired) electrons. The van der Waals surface area contributed by atoms with Gasteiger partial charge in [0, 0.05) is 12.5 Å². The van der Waals surface area contributed by atoms with E-state index in [1.54, 1.807) is 0 Å². The summed E-state index contributed by atoms with van der Waals surface area (Å²) < 4.78 is 0. The van der Waals surface area contributed by atoms with Crippen LogP contribution in [0, 0.1) is 0 Å². The first-order valence-corrected chi connectivity index (χ1v) is 4.85. The summed E-state index contributed by atoms with van der Waals surface area (Å²) in [6.45, 7) is 6.22. The van der Waals surface area contributed by atoms with E-state index < -0.39 is 0 Å². The maximum absolute atomic E-state index is 11.6. The minimum absolute atomic E-state index is 0.230. The van der Waals surface area contributed by atoms with Crippen LogP contribution in [0.3, 0.4) is 0 Å². The summed E-state index contributed by atoms with van der Waals surface area (Å²) in [5.41, 5.74) is -0.230. The summed E-state index contributed by atoms with van der Waals surface area (Å²) in [5.74, 6) is 0.391. The van der Waals surface area contributed by atoms with E-state index in [1.807, 2.05) is 6.92 Å². The summed E-state index contributed by atoms with van der Waals surface area (Å²) in [4.78, 5) is 11.6. The number of rotatable bonds is 2. The second-order valence-electron chi connectivity index (χ2n) is 4.26. The molecular formula is C10H19NO. The topological polar surface area (TPSA) is 29.1 Å². The van der Waals surface area contributed by atoms with Gasteiger partial charge in [0.15, 0.2) is 5.78 Å². The second-order valence-corrected chi connectivity index (χ2v) is 4.26. The average molecular weight is 169 g/mol. The molecule has 12 heavy (non-hydrogen) atoms. The molecule has 0 saturated heterocycles. The third kappa shape index (κ3) is 2.07. The molecule has 0 aromatic rings. The first-order chi connectivity index (χ1) is 5.54. The number of Topliss-reactive ketones (excluding diaryl/α,β-unsaturated/α-hetero) is 1. The van der Waals surface area contributed by atoms with Gasteiger partial charge in [-0.3, -0.25) is 4.79 Å². The molecule has 2 nitrogen and oxygen atoms in total. The molecule has 2 heteroatoms. The van der Waals surface area contributed by atoms with E-state index in [2.05, 4.69) is 19.2 Å². The third-order valence-corrected chi connectivity index (χ3v) is 2.55. The van der Waals surface area contributed by atoms with Gasteiger partial charge in [-0.25, -0.2) is 0 Å². The van der Waals surface area contributed by atoms with Crippen LogP contribution in [0.2, 0.25) is 0 Å². The van der Waals surface area contributed by atoms with E-state index in [-0.39, 0.29) is 5.54 Å². The zero-order chi connectivity index (χ0) is 9.19. The van der Waals surface area contributed by atoms with Crippen LogP contribution in [0.4, 0.5) is 0 Å². The highest BCUT2D eigenvalue weighted by atomic mass is 16.1. The molecule has 1 saturated carbocycles. The molecule has 0 heterocycles. The van der Waals surface area contributed by atoms with Crippen LogP contribution in [0.1, 0.15) is 46.5 Å². The fourth-order valence-corrected chi connectivity index (χ4v) is 1.97. The smallest absolute Gasteiger partial charge is 0.152 e. The lowest BCUT2D eigenvalue weighted by atomic mass is 9.81. The molecule has 1 rings (SSSR count).